The number of thiophene rings is 1. The van der Waals surface area contributed by atoms with Gasteiger partial charge in [0.2, 0.25) is 6.79 Å². The number of rotatable bonds is 5. The van der Waals surface area contributed by atoms with E-state index in [9.17, 15) is 5.26 Å². The standard InChI is InChI=1S/C20H15NO4S/c1-22-15-5-2-13(3-6-15)10-23-20-16(9-21)17(11-26-20)14-4-7-18-19(8-14)25-12-24-18/h2-8,11H,10,12H2,1H3. The zero-order chi connectivity index (χ0) is 17.9. The summed E-state index contributed by atoms with van der Waals surface area (Å²) >= 11 is 1.41. The molecule has 0 N–H and O–H groups in total. The SMILES string of the molecule is COc1ccc(COc2scc(-c3ccc4c(c3)OCO4)c2C#N)cc1. The zero-order valence-electron chi connectivity index (χ0n) is 14.0. The first-order chi connectivity index (χ1) is 12.8. The third kappa shape index (κ3) is 3.05. The maximum absolute atomic E-state index is 9.61. The quantitative estimate of drug-likeness (QED) is 0.661. The van der Waals surface area contributed by atoms with E-state index in [0.717, 1.165) is 28.2 Å². The fraction of sp³-hybridized carbons (Fsp3) is 0.150. The van der Waals surface area contributed by atoms with Gasteiger partial charge in [-0.3, -0.25) is 0 Å². The van der Waals surface area contributed by atoms with Crippen LogP contribution >= 0.6 is 11.3 Å². The lowest BCUT2D eigenvalue weighted by Crippen LogP contribution is -1.95. The van der Waals surface area contributed by atoms with Crippen molar-refractivity contribution in [2.24, 2.45) is 0 Å². The van der Waals surface area contributed by atoms with E-state index in [1.807, 2.05) is 47.8 Å². The minimum Gasteiger partial charge on any atom is -0.497 e. The summed E-state index contributed by atoms with van der Waals surface area (Å²) in [4.78, 5) is 0. The summed E-state index contributed by atoms with van der Waals surface area (Å²) in [6.45, 7) is 0.615. The van der Waals surface area contributed by atoms with Crippen molar-refractivity contribution in [3.8, 4) is 39.5 Å². The van der Waals surface area contributed by atoms with E-state index in [2.05, 4.69) is 6.07 Å². The van der Waals surface area contributed by atoms with Crippen LogP contribution < -0.4 is 18.9 Å². The molecule has 26 heavy (non-hydrogen) atoms. The first-order valence-electron chi connectivity index (χ1n) is 7.96. The summed E-state index contributed by atoms with van der Waals surface area (Å²) in [5.41, 5.74) is 3.27. The van der Waals surface area contributed by atoms with Crippen molar-refractivity contribution in [2.75, 3.05) is 13.9 Å². The Kier molecular flexibility index (Phi) is 4.38. The van der Waals surface area contributed by atoms with Crippen LogP contribution in [0.3, 0.4) is 0 Å². The lowest BCUT2D eigenvalue weighted by atomic mass is 10.0. The third-order valence-electron chi connectivity index (χ3n) is 4.08. The summed E-state index contributed by atoms with van der Waals surface area (Å²) in [5.74, 6) is 2.21. The van der Waals surface area contributed by atoms with Crippen LogP contribution in [0, 0.1) is 11.3 Å². The molecule has 0 amide bonds. The van der Waals surface area contributed by atoms with Crippen molar-refractivity contribution in [3.63, 3.8) is 0 Å². The van der Waals surface area contributed by atoms with Crippen LogP contribution in [0.5, 0.6) is 22.3 Å². The van der Waals surface area contributed by atoms with E-state index in [1.165, 1.54) is 11.3 Å². The maximum Gasteiger partial charge on any atom is 0.231 e. The lowest BCUT2D eigenvalue weighted by Gasteiger charge is -2.06. The van der Waals surface area contributed by atoms with Crippen molar-refractivity contribution in [1.82, 2.24) is 0 Å². The van der Waals surface area contributed by atoms with Crippen molar-refractivity contribution < 1.29 is 18.9 Å². The summed E-state index contributed by atoms with van der Waals surface area (Å²) in [6, 6.07) is 15.6. The van der Waals surface area contributed by atoms with Crippen molar-refractivity contribution >= 4 is 11.3 Å². The van der Waals surface area contributed by atoms with Crippen LogP contribution in [-0.2, 0) is 6.61 Å². The number of methoxy groups -OCH3 is 1. The number of nitriles is 1. The Hall–Kier alpha value is -3.17. The highest BCUT2D eigenvalue weighted by atomic mass is 32.1. The molecule has 1 aliphatic rings. The molecule has 0 fully saturated rings. The van der Waals surface area contributed by atoms with Crippen LogP contribution in [0.4, 0.5) is 0 Å². The molecule has 0 aliphatic carbocycles. The topological polar surface area (TPSA) is 60.7 Å². The highest BCUT2D eigenvalue weighted by molar-refractivity contribution is 7.12. The van der Waals surface area contributed by atoms with Gasteiger partial charge in [0.15, 0.2) is 16.6 Å². The van der Waals surface area contributed by atoms with Gasteiger partial charge in [-0.15, -0.1) is 11.3 Å². The third-order valence-corrected chi connectivity index (χ3v) is 4.97. The molecule has 0 atom stereocenters. The van der Waals surface area contributed by atoms with Gasteiger partial charge < -0.3 is 18.9 Å². The minimum atomic E-state index is 0.226. The van der Waals surface area contributed by atoms with Gasteiger partial charge in [0, 0.05) is 10.9 Å². The second-order valence-corrected chi connectivity index (χ2v) is 6.47. The number of nitrogens with zero attached hydrogens (tertiary/aromatic N) is 1. The molecule has 1 aromatic heterocycles. The number of hydrogen-bond acceptors (Lipinski definition) is 6. The Morgan fingerprint density at radius 2 is 1.92 bits per heavy atom. The summed E-state index contributed by atoms with van der Waals surface area (Å²) < 4.78 is 21.8. The second-order valence-electron chi connectivity index (χ2n) is 5.63. The first-order valence-corrected chi connectivity index (χ1v) is 8.84. The van der Waals surface area contributed by atoms with Crippen molar-refractivity contribution in [3.05, 3.63) is 59.0 Å². The van der Waals surface area contributed by atoms with Gasteiger partial charge in [-0.1, -0.05) is 18.2 Å². The van der Waals surface area contributed by atoms with Crippen LogP contribution in [0.1, 0.15) is 11.1 Å². The molecule has 0 saturated heterocycles. The van der Waals surface area contributed by atoms with Gasteiger partial charge in [-0.05, 0) is 35.4 Å². The Labute approximate surface area is 154 Å². The van der Waals surface area contributed by atoms with Gasteiger partial charge in [0.25, 0.3) is 0 Å². The van der Waals surface area contributed by atoms with Gasteiger partial charge in [0.05, 0.1) is 7.11 Å². The molecule has 5 nitrogen and oxygen atoms in total. The van der Waals surface area contributed by atoms with E-state index in [0.29, 0.717) is 23.0 Å². The van der Waals surface area contributed by atoms with Crippen LogP contribution in [0.15, 0.2) is 47.8 Å². The number of benzene rings is 2. The van der Waals surface area contributed by atoms with Gasteiger partial charge in [-0.2, -0.15) is 5.26 Å². The number of hydrogen-bond donors (Lipinski definition) is 0. The summed E-state index contributed by atoms with van der Waals surface area (Å²) in [6.07, 6.45) is 0. The zero-order valence-corrected chi connectivity index (χ0v) is 14.8. The van der Waals surface area contributed by atoms with Gasteiger partial charge in [0.1, 0.15) is 24.0 Å². The molecule has 0 spiro atoms. The molecule has 0 radical (unpaired) electrons. The Morgan fingerprint density at radius 1 is 1.12 bits per heavy atom. The predicted octanol–water partition coefficient (Wildman–Crippen LogP) is 4.60. The molecule has 0 bridgehead atoms. The highest BCUT2D eigenvalue weighted by Crippen LogP contribution is 2.41. The maximum atomic E-state index is 9.61. The van der Waals surface area contributed by atoms with E-state index < -0.39 is 0 Å². The van der Waals surface area contributed by atoms with E-state index in [-0.39, 0.29) is 6.79 Å². The lowest BCUT2D eigenvalue weighted by molar-refractivity contribution is 0.174. The Balaban J connectivity index is 1.55. The van der Waals surface area contributed by atoms with Crippen LogP contribution in [0.25, 0.3) is 11.1 Å². The molecule has 3 aromatic rings. The molecule has 2 heterocycles. The summed E-state index contributed by atoms with van der Waals surface area (Å²) in [5, 5.41) is 12.1. The average Bonchev–Trinajstić information content (AvgIpc) is 3.32. The Bertz CT molecular complexity index is 972. The van der Waals surface area contributed by atoms with Gasteiger partial charge in [-0.25, -0.2) is 0 Å². The van der Waals surface area contributed by atoms with Crippen molar-refractivity contribution in [2.45, 2.75) is 6.61 Å². The largest absolute Gasteiger partial charge is 0.497 e. The number of ether oxygens (including phenoxy) is 4. The molecule has 0 saturated carbocycles. The monoisotopic (exact) mass is 365 g/mol. The minimum absolute atomic E-state index is 0.226. The normalized spacial score (nSPS) is 11.8. The van der Waals surface area contributed by atoms with Crippen LogP contribution in [-0.4, -0.2) is 13.9 Å². The van der Waals surface area contributed by atoms with Crippen molar-refractivity contribution in [1.29, 1.82) is 5.26 Å². The second kappa shape index (κ2) is 6.98. The fourth-order valence-corrected chi connectivity index (χ4v) is 3.58. The number of fused-ring (bicyclic) bond motifs is 1. The fourth-order valence-electron chi connectivity index (χ4n) is 2.70. The van der Waals surface area contributed by atoms with Gasteiger partial charge >= 0.3 is 0 Å². The molecule has 130 valence electrons. The summed E-state index contributed by atoms with van der Waals surface area (Å²) in [7, 11) is 1.63. The van der Waals surface area contributed by atoms with Crippen LogP contribution in [0.2, 0.25) is 0 Å². The molecule has 4 rings (SSSR count). The molecular weight excluding hydrogens is 350 g/mol. The molecule has 1 aliphatic heterocycles. The first kappa shape index (κ1) is 16.3. The molecule has 6 heteroatoms. The Morgan fingerprint density at radius 3 is 2.69 bits per heavy atom. The van der Waals surface area contributed by atoms with E-state index in [4.69, 9.17) is 18.9 Å². The predicted molar refractivity (Wildman–Crippen MR) is 97.9 cm³/mol. The molecule has 2 aromatic carbocycles. The average molecular weight is 365 g/mol. The molecule has 0 unspecified atom stereocenters. The van der Waals surface area contributed by atoms with E-state index >= 15 is 0 Å². The smallest absolute Gasteiger partial charge is 0.231 e. The van der Waals surface area contributed by atoms with E-state index in [1.54, 1.807) is 7.11 Å². The molecular formula is C20H15NO4S. The highest BCUT2D eigenvalue weighted by Gasteiger charge is 2.18.